The Bertz CT molecular complexity index is 2820. The maximum Gasteiger partial charge on any atom is 0.142 e. The summed E-state index contributed by atoms with van der Waals surface area (Å²) in [7, 11) is 0. The number of benzene rings is 5. The number of rotatable bonds is 4. The Labute approximate surface area is 286 Å². The second-order valence-corrected chi connectivity index (χ2v) is 12.8. The summed E-state index contributed by atoms with van der Waals surface area (Å²) in [5.41, 5.74) is 10.1. The van der Waals surface area contributed by atoms with E-state index in [0.717, 1.165) is 83.7 Å². The fourth-order valence-corrected chi connectivity index (χ4v) is 8.27. The first-order valence-electron chi connectivity index (χ1n) is 16.7. The van der Waals surface area contributed by atoms with Gasteiger partial charge in [0.2, 0.25) is 0 Å². The molecule has 0 radical (unpaired) electrons. The molecule has 0 saturated heterocycles. The number of hydrogen-bond acceptors (Lipinski definition) is 4. The number of imidazole rings is 2. The predicted molar refractivity (Wildman–Crippen MR) is 197 cm³/mol. The minimum absolute atomic E-state index is 0.841. The van der Waals surface area contributed by atoms with Crippen LogP contribution in [0.25, 0.3) is 60.9 Å². The summed E-state index contributed by atoms with van der Waals surface area (Å²) in [6.07, 6.45) is 7.82. The molecule has 0 N–H and O–H groups in total. The zero-order chi connectivity index (χ0) is 32.8. The van der Waals surface area contributed by atoms with Gasteiger partial charge in [0, 0.05) is 58.1 Å². The Morgan fingerprint density at radius 1 is 0.420 bits per heavy atom. The van der Waals surface area contributed by atoms with E-state index in [1.54, 1.807) is 0 Å². The van der Waals surface area contributed by atoms with Crippen LogP contribution < -0.4 is 0 Å². The lowest BCUT2D eigenvalue weighted by atomic mass is 9.70. The van der Waals surface area contributed by atoms with Crippen LogP contribution in [-0.4, -0.2) is 33.6 Å². The van der Waals surface area contributed by atoms with Crippen molar-refractivity contribution >= 4 is 43.9 Å². The number of aromatic nitrogens is 7. The van der Waals surface area contributed by atoms with Crippen LogP contribution >= 0.6 is 0 Å². The maximum absolute atomic E-state index is 5.64. The molecule has 0 saturated carbocycles. The standard InChI is InChI=1S/C43H27N7/c1-3-13-28(14-4-1)48-38-21-11-8-18-34(38)46-41(48)43(42-47-35-19-9-12-22-39(35)49(42)29-15-5-2-6-16-29)32-17-7-10-20-37(32)50-36-23-24-44-25-30(36)31-26-45-27-33(43)40(31)50/h1-27H. The molecule has 0 bridgehead atoms. The number of para-hydroxylation sites is 7. The SMILES string of the molecule is c1ccc(-n2c(C3(c4nc5ccccc5n4-c4ccccc4)c4ccccc4-n4c5ccncc5c5cncc3c54)nc3ccccc32)cc1. The zero-order valence-corrected chi connectivity index (χ0v) is 26.7. The molecule has 7 heteroatoms. The zero-order valence-electron chi connectivity index (χ0n) is 26.7. The van der Waals surface area contributed by atoms with Gasteiger partial charge in [0.25, 0.3) is 0 Å². The summed E-state index contributed by atoms with van der Waals surface area (Å²) in [5.74, 6) is 1.68. The quantitative estimate of drug-likeness (QED) is 0.192. The van der Waals surface area contributed by atoms with E-state index in [1.807, 2.05) is 24.8 Å². The van der Waals surface area contributed by atoms with Crippen molar-refractivity contribution < 1.29 is 0 Å². The molecule has 0 spiro atoms. The molecule has 10 aromatic rings. The summed E-state index contributed by atoms with van der Waals surface area (Å²) >= 11 is 0. The second kappa shape index (κ2) is 10.1. The summed E-state index contributed by atoms with van der Waals surface area (Å²) in [6, 6.07) is 48.7. The van der Waals surface area contributed by atoms with E-state index in [-0.39, 0.29) is 0 Å². The van der Waals surface area contributed by atoms with Crippen molar-refractivity contribution in [2.75, 3.05) is 0 Å². The van der Waals surface area contributed by atoms with Crippen LogP contribution in [0.1, 0.15) is 22.8 Å². The lowest BCUT2D eigenvalue weighted by molar-refractivity contribution is 0.607. The number of nitrogens with zero attached hydrogens (tertiary/aromatic N) is 7. The first-order chi connectivity index (χ1) is 24.8. The lowest BCUT2D eigenvalue weighted by Crippen LogP contribution is -2.40. The van der Waals surface area contributed by atoms with Crippen LogP contribution in [0.15, 0.2) is 164 Å². The molecule has 5 aromatic carbocycles. The molecule has 234 valence electrons. The Kier molecular flexibility index (Phi) is 5.47. The third kappa shape index (κ3) is 3.42. The van der Waals surface area contributed by atoms with Gasteiger partial charge in [-0.15, -0.1) is 0 Å². The van der Waals surface area contributed by atoms with Gasteiger partial charge in [0.1, 0.15) is 17.1 Å². The van der Waals surface area contributed by atoms with E-state index in [2.05, 4.69) is 158 Å². The largest absolute Gasteiger partial charge is 0.308 e. The highest BCUT2D eigenvalue weighted by Gasteiger charge is 2.52. The Balaban J connectivity index is 1.44. The van der Waals surface area contributed by atoms with Gasteiger partial charge < -0.3 is 4.57 Å². The van der Waals surface area contributed by atoms with Gasteiger partial charge in [0.05, 0.1) is 38.8 Å². The van der Waals surface area contributed by atoms with Crippen molar-refractivity contribution in [3.8, 4) is 17.1 Å². The molecule has 0 fully saturated rings. The van der Waals surface area contributed by atoms with E-state index in [4.69, 9.17) is 15.0 Å². The first kappa shape index (κ1) is 27.1. The molecule has 1 aliphatic rings. The molecule has 0 unspecified atom stereocenters. The van der Waals surface area contributed by atoms with Gasteiger partial charge in [-0.1, -0.05) is 78.9 Å². The van der Waals surface area contributed by atoms with E-state index in [9.17, 15) is 0 Å². The maximum atomic E-state index is 5.64. The molecule has 0 amide bonds. The van der Waals surface area contributed by atoms with E-state index in [0.29, 0.717) is 0 Å². The molecular formula is C43H27N7. The summed E-state index contributed by atoms with van der Waals surface area (Å²) in [4.78, 5) is 20.8. The monoisotopic (exact) mass is 641 g/mol. The van der Waals surface area contributed by atoms with E-state index in [1.165, 1.54) is 0 Å². The van der Waals surface area contributed by atoms with Gasteiger partial charge in [-0.25, -0.2) is 9.97 Å². The minimum Gasteiger partial charge on any atom is -0.308 e. The fraction of sp³-hybridized carbons (Fsp3) is 0.0233. The van der Waals surface area contributed by atoms with Gasteiger partial charge in [-0.05, 0) is 60.7 Å². The van der Waals surface area contributed by atoms with E-state index >= 15 is 0 Å². The fourth-order valence-electron chi connectivity index (χ4n) is 8.27. The minimum atomic E-state index is -1.04. The summed E-state index contributed by atoms with van der Waals surface area (Å²) in [5, 5.41) is 2.09. The van der Waals surface area contributed by atoms with Crippen molar-refractivity contribution in [2.45, 2.75) is 5.41 Å². The highest BCUT2D eigenvalue weighted by Crippen LogP contribution is 2.54. The van der Waals surface area contributed by atoms with Crippen molar-refractivity contribution in [2.24, 2.45) is 0 Å². The average Bonchev–Trinajstić information content (AvgIpc) is 3.87. The smallest absolute Gasteiger partial charge is 0.142 e. The van der Waals surface area contributed by atoms with Crippen molar-refractivity contribution in [1.29, 1.82) is 0 Å². The molecule has 1 aliphatic heterocycles. The Hall–Kier alpha value is -6.86. The number of fused-ring (bicyclic) bond motifs is 7. The van der Waals surface area contributed by atoms with Crippen LogP contribution in [0, 0.1) is 0 Å². The van der Waals surface area contributed by atoms with Gasteiger partial charge in [-0.2, -0.15) is 0 Å². The average molecular weight is 642 g/mol. The van der Waals surface area contributed by atoms with Gasteiger partial charge in [-0.3, -0.25) is 19.1 Å². The third-order valence-electron chi connectivity index (χ3n) is 10.2. The molecule has 0 aliphatic carbocycles. The first-order valence-corrected chi connectivity index (χ1v) is 16.7. The number of hydrogen-bond donors (Lipinski definition) is 0. The molecular weight excluding hydrogens is 615 g/mol. The lowest BCUT2D eigenvalue weighted by Gasteiger charge is -2.39. The predicted octanol–water partition coefficient (Wildman–Crippen LogP) is 8.95. The highest BCUT2D eigenvalue weighted by atomic mass is 15.2. The molecule has 11 rings (SSSR count). The topological polar surface area (TPSA) is 66.3 Å². The van der Waals surface area contributed by atoms with Crippen LogP contribution in [0.3, 0.4) is 0 Å². The van der Waals surface area contributed by atoms with E-state index < -0.39 is 5.41 Å². The Morgan fingerprint density at radius 3 is 1.64 bits per heavy atom. The van der Waals surface area contributed by atoms with Gasteiger partial charge >= 0.3 is 0 Å². The van der Waals surface area contributed by atoms with Crippen LogP contribution in [0.2, 0.25) is 0 Å². The van der Waals surface area contributed by atoms with Crippen LogP contribution in [-0.2, 0) is 5.41 Å². The Morgan fingerprint density at radius 2 is 0.980 bits per heavy atom. The highest BCUT2D eigenvalue weighted by molar-refractivity contribution is 6.11. The number of pyridine rings is 2. The summed E-state index contributed by atoms with van der Waals surface area (Å²) in [6.45, 7) is 0. The van der Waals surface area contributed by atoms with Crippen LogP contribution in [0.5, 0.6) is 0 Å². The molecule has 7 nitrogen and oxygen atoms in total. The summed E-state index contributed by atoms with van der Waals surface area (Å²) < 4.78 is 7.01. The van der Waals surface area contributed by atoms with Crippen molar-refractivity contribution in [3.63, 3.8) is 0 Å². The third-order valence-corrected chi connectivity index (χ3v) is 10.2. The second-order valence-electron chi connectivity index (χ2n) is 12.8. The van der Waals surface area contributed by atoms with Crippen LogP contribution in [0.4, 0.5) is 0 Å². The normalized spacial score (nSPS) is 13.4. The van der Waals surface area contributed by atoms with Crippen molar-refractivity contribution in [1.82, 2.24) is 33.6 Å². The molecule has 50 heavy (non-hydrogen) atoms. The molecule has 6 heterocycles. The molecule has 0 atom stereocenters. The van der Waals surface area contributed by atoms with Gasteiger partial charge in [0.15, 0.2) is 0 Å². The van der Waals surface area contributed by atoms with Crippen molar-refractivity contribution in [3.05, 3.63) is 187 Å². The molecule has 5 aromatic heterocycles.